The summed E-state index contributed by atoms with van der Waals surface area (Å²) in [5, 5.41) is 14.3. The summed E-state index contributed by atoms with van der Waals surface area (Å²) in [6.45, 7) is 3.39. The Morgan fingerprint density at radius 2 is 2.03 bits per heavy atom. The minimum absolute atomic E-state index is 0.174. The van der Waals surface area contributed by atoms with Crippen LogP contribution in [0, 0.1) is 0 Å². The van der Waals surface area contributed by atoms with E-state index in [1.165, 1.54) is 4.57 Å². The lowest BCUT2D eigenvalue weighted by molar-refractivity contribution is -0.127. The second kappa shape index (κ2) is 10.4. The van der Waals surface area contributed by atoms with E-state index >= 15 is 0 Å². The van der Waals surface area contributed by atoms with Crippen LogP contribution in [0.1, 0.15) is 39.0 Å². The average Bonchev–Trinajstić information content (AvgIpc) is 3.10. The molecule has 0 saturated carbocycles. The molecule has 2 aromatic carbocycles. The number of aliphatic hydroxyl groups is 1. The van der Waals surface area contributed by atoms with E-state index in [0.717, 1.165) is 19.3 Å². The molecule has 182 valence electrons. The van der Waals surface area contributed by atoms with Crippen LogP contribution in [-0.2, 0) is 11.8 Å². The number of anilines is 1. The number of nitrogens with one attached hydrogen (secondary N) is 1. The van der Waals surface area contributed by atoms with Crippen molar-refractivity contribution < 1.29 is 19.1 Å². The first-order valence-electron chi connectivity index (χ1n) is 11.9. The number of unbranched alkanes of at least 4 members (excludes halogenated alkanes) is 2. The zero-order valence-electron chi connectivity index (χ0n) is 19.8. The van der Waals surface area contributed by atoms with Crippen molar-refractivity contribution in [1.29, 1.82) is 0 Å². The summed E-state index contributed by atoms with van der Waals surface area (Å²) in [7, 11) is 1.64. The van der Waals surface area contributed by atoms with Crippen molar-refractivity contribution in [2.45, 2.75) is 50.7 Å². The maximum Gasteiger partial charge on any atom is 0.419 e. The molecule has 0 radical (unpaired) electrons. The summed E-state index contributed by atoms with van der Waals surface area (Å²) < 4.78 is 12.9. The molecule has 1 amide bonds. The number of oxazole rings is 1. The molecule has 1 aliphatic rings. The second-order valence-corrected chi connectivity index (χ2v) is 9.12. The standard InChI is InChI=1S/C26H33N3O5/c1-3-4-8-13-26(32)14-15-29(17-23(26)33-20-9-6-5-7-10-20)18-24(30)27-19-11-12-21-22(16-19)34-25(31)28(21)2/h5-7,9-12,16,23,32H,3-4,8,13-15,17-18H2,1-2H3,(H,27,30)/t23-,26-/m0/s1. The van der Waals surface area contributed by atoms with Crippen LogP contribution in [0.5, 0.6) is 5.75 Å². The minimum atomic E-state index is -0.923. The summed E-state index contributed by atoms with van der Waals surface area (Å²) in [6.07, 6.45) is 3.90. The zero-order valence-corrected chi connectivity index (χ0v) is 19.8. The van der Waals surface area contributed by atoms with Gasteiger partial charge < -0.3 is 19.6 Å². The van der Waals surface area contributed by atoms with Gasteiger partial charge in [0.2, 0.25) is 5.91 Å². The molecule has 0 unspecified atom stereocenters. The highest BCUT2D eigenvalue weighted by Crippen LogP contribution is 2.31. The third kappa shape index (κ3) is 5.51. The molecular formula is C26H33N3O5. The molecule has 1 aromatic heterocycles. The number of ether oxygens (including phenoxy) is 1. The number of nitrogens with zero attached hydrogens (tertiary/aromatic N) is 2. The summed E-state index contributed by atoms with van der Waals surface area (Å²) >= 11 is 0. The molecule has 2 atom stereocenters. The van der Waals surface area contributed by atoms with Crippen LogP contribution in [0.3, 0.4) is 0 Å². The normalized spacial score (nSPS) is 21.0. The van der Waals surface area contributed by atoms with Crippen molar-refractivity contribution in [2.75, 3.05) is 25.0 Å². The van der Waals surface area contributed by atoms with Crippen molar-refractivity contribution in [2.24, 2.45) is 7.05 Å². The molecule has 1 saturated heterocycles. The Kier molecular flexibility index (Phi) is 7.38. The van der Waals surface area contributed by atoms with Gasteiger partial charge in [0, 0.05) is 31.9 Å². The highest BCUT2D eigenvalue weighted by atomic mass is 16.5. The van der Waals surface area contributed by atoms with Crippen LogP contribution >= 0.6 is 0 Å². The monoisotopic (exact) mass is 467 g/mol. The number of para-hydroxylation sites is 1. The Morgan fingerprint density at radius 1 is 1.24 bits per heavy atom. The second-order valence-electron chi connectivity index (χ2n) is 9.12. The lowest BCUT2D eigenvalue weighted by Gasteiger charge is -2.44. The van der Waals surface area contributed by atoms with E-state index in [2.05, 4.69) is 12.2 Å². The van der Waals surface area contributed by atoms with Crippen LogP contribution in [0.2, 0.25) is 0 Å². The van der Waals surface area contributed by atoms with Crippen molar-refractivity contribution in [3.63, 3.8) is 0 Å². The molecule has 3 aromatic rings. The smallest absolute Gasteiger partial charge is 0.419 e. The number of carbonyl (C=O) groups is 1. The van der Waals surface area contributed by atoms with Crippen LogP contribution in [0.25, 0.3) is 11.1 Å². The highest BCUT2D eigenvalue weighted by Gasteiger charge is 2.43. The highest BCUT2D eigenvalue weighted by molar-refractivity contribution is 5.94. The van der Waals surface area contributed by atoms with Crippen molar-refractivity contribution in [3.8, 4) is 5.75 Å². The predicted molar refractivity (Wildman–Crippen MR) is 131 cm³/mol. The van der Waals surface area contributed by atoms with Gasteiger partial charge in [-0.25, -0.2) is 4.79 Å². The Balaban J connectivity index is 1.41. The molecule has 34 heavy (non-hydrogen) atoms. The fourth-order valence-corrected chi connectivity index (χ4v) is 4.54. The van der Waals surface area contributed by atoms with E-state index in [1.807, 2.05) is 35.2 Å². The van der Waals surface area contributed by atoms with Crippen LogP contribution in [-0.4, -0.2) is 51.8 Å². The summed E-state index contributed by atoms with van der Waals surface area (Å²) in [5.74, 6) is 0.0977. The molecule has 1 fully saturated rings. The van der Waals surface area contributed by atoms with E-state index in [-0.39, 0.29) is 12.5 Å². The molecule has 0 bridgehead atoms. The number of aromatic nitrogens is 1. The third-order valence-electron chi connectivity index (χ3n) is 6.56. The van der Waals surface area contributed by atoms with E-state index < -0.39 is 17.5 Å². The van der Waals surface area contributed by atoms with Gasteiger partial charge in [0.15, 0.2) is 5.58 Å². The van der Waals surface area contributed by atoms with Crippen molar-refractivity contribution >= 4 is 22.7 Å². The lowest BCUT2D eigenvalue weighted by atomic mass is 9.83. The number of piperidine rings is 1. The fraction of sp³-hybridized carbons (Fsp3) is 0.462. The number of rotatable bonds is 9. The molecule has 4 rings (SSSR count). The molecule has 0 aliphatic carbocycles. The maximum absolute atomic E-state index is 12.8. The van der Waals surface area contributed by atoms with Gasteiger partial charge >= 0.3 is 5.76 Å². The number of aryl methyl sites for hydroxylation is 1. The first kappa shape index (κ1) is 24.0. The molecule has 0 spiro atoms. The summed E-state index contributed by atoms with van der Waals surface area (Å²) in [4.78, 5) is 26.5. The molecular weight excluding hydrogens is 434 g/mol. The van der Waals surface area contributed by atoms with Gasteiger partial charge in [-0.1, -0.05) is 44.4 Å². The van der Waals surface area contributed by atoms with Gasteiger partial charge in [-0.2, -0.15) is 0 Å². The van der Waals surface area contributed by atoms with E-state index in [0.29, 0.717) is 48.5 Å². The van der Waals surface area contributed by atoms with Gasteiger partial charge in [0.25, 0.3) is 0 Å². The maximum atomic E-state index is 12.8. The van der Waals surface area contributed by atoms with E-state index in [1.54, 1.807) is 25.2 Å². The lowest BCUT2D eigenvalue weighted by Crippen LogP contribution is -2.58. The van der Waals surface area contributed by atoms with E-state index in [9.17, 15) is 14.7 Å². The van der Waals surface area contributed by atoms with Crippen LogP contribution < -0.4 is 15.8 Å². The average molecular weight is 468 g/mol. The number of carbonyl (C=O) groups excluding carboxylic acids is 1. The first-order chi connectivity index (χ1) is 16.4. The van der Waals surface area contributed by atoms with Crippen molar-refractivity contribution in [3.05, 3.63) is 59.1 Å². The van der Waals surface area contributed by atoms with Gasteiger partial charge in [-0.3, -0.25) is 14.3 Å². The summed E-state index contributed by atoms with van der Waals surface area (Å²) in [6, 6.07) is 14.7. The number of amides is 1. The third-order valence-corrected chi connectivity index (χ3v) is 6.56. The zero-order chi connectivity index (χ0) is 24.1. The number of hydrogen-bond donors (Lipinski definition) is 2. The molecule has 1 aliphatic heterocycles. The first-order valence-corrected chi connectivity index (χ1v) is 11.9. The number of fused-ring (bicyclic) bond motifs is 1. The molecule has 8 heteroatoms. The fourth-order valence-electron chi connectivity index (χ4n) is 4.54. The van der Waals surface area contributed by atoms with Gasteiger partial charge in [0.1, 0.15) is 17.5 Å². The Bertz CT molecular complexity index is 1170. The van der Waals surface area contributed by atoms with E-state index in [4.69, 9.17) is 9.15 Å². The number of hydrogen-bond acceptors (Lipinski definition) is 6. The predicted octanol–water partition coefficient (Wildman–Crippen LogP) is 3.53. The van der Waals surface area contributed by atoms with Gasteiger partial charge in [-0.05, 0) is 37.1 Å². The molecule has 8 nitrogen and oxygen atoms in total. The topological polar surface area (TPSA) is 96.9 Å². The molecule has 2 heterocycles. The summed E-state index contributed by atoms with van der Waals surface area (Å²) in [5.41, 5.74) is 0.740. The SMILES string of the molecule is CCCCC[C@]1(O)CCN(CC(=O)Nc2ccc3c(c2)oc(=O)n3C)C[C@@H]1Oc1ccccc1. The van der Waals surface area contributed by atoms with Gasteiger partial charge in [0.05, 0.1) is 12.1 Å². The largest absolute Gasteiger partial charge is 0.486 e. The Hall–Kier alpha value is -3.10. The minimum Gasteiger partial charge on any atom is -0.486 e. The van der Waals surface area contributed by atoms with Crippen LogP contribution in [0.4, 0.5) is 5.69 Å². The molecule has 2 N–H and O–H groups in total. The number of likely N-dealkylation sites (tertiary alicyclic amines) is 1. The Morgan fingerprint density at radius 3 is 2.79 bits per heavy atom. The van der Waals surface area contributed by atoms with Crippen molar-refractivity contribution in [1.82, 2.24) is 9.47 Å². The number of benzene rings is 2. The van der Waals surface area contributed by atoms with Crippen LogP contribution in [0.15, 0.2) is 57.7 Å². The Labute approximate surface area is 199 Å². The van der Waals surface area contributed by atoms with Gasteiger partial charge in [-0.15, -0.1) is 0 Å². The quantitative estimate of drug-likeness (QED) is 0.468.